The van der Waals surface area contributed by atoms with Gasteiger partial charge in [0.05, 0.1) is 5.92 Å². The van der Waals surface area contributed by atoms with Gasteiger partial charge < -0.3 is 20.1 Å². The summed E-state index contributed by atoms with van der Waals surface area (Å²) < 4.78 is 10.8. The van der Waals surface area contributed by atoms with Crippen molar-refractivity contribution < 1.29 is 23.9 Å². The fourth-order valence-electron chi connectivity index (χ4n) is 3.04. The van der Waals surface area contributed by atoms with E-state index < -0.39 is 30.3 Å². The molecule has 0 fully saturated rings. The Labute approximate surface area is 163 Å². The predicted octanol–water partition coefficient (Wildman–Crippen LogP) is 1.69. The molecule has 7 nitrogen and oxygen atoms in total. The van der Waals surface area contributed by atoms with Crippen LogP contribution in [0.1, 0.15) is 12.0 Å². The Balaban J connectivity index is 1.59. The molecule has 1 heterocycles. The Morgan fingerprint density at radius 3 is 2.54 bits per heavy atom. The van der Waals surface area contributed by atoms with E-state index in [4.69, 9.17) is 15.2 Å². The van der Waals surface area contributed by atoms with Gasteiger partial charge >= 0.3 is 5.97 Å². The highest BCUT2D eigenvalue weighted by atomic mass is 16.5. The van der Waals surface area contributed by atoms with E-state index in [1.165, 1.54) is 4.90 Å². The zero-order valence-corrected chi connectivity index (χ0v) is 15.4. The minimum Gasteiger partial charge on any atom is -0.492 e. The highest BCUT2D eigenvalue weighted by Gasteiger charge is 2.28. The molecule has 1 aliphatic heterocycles. The molecule has 2 aromatic carbocycles. The lowest BCUT2D eigenvalue weighted by molar-refractivity contribution is -0.153. The van der Waals surface area contributed by atoms with Crippen LogP contribution in [0.3, 0.4) is 0 Å². The van der Waals surface area contributed by atoms with Crippen molar-refractivity contribution in [3.63, 3.8) is 0 Å². The lowest BCUT2D eigenvalue weighted by Crippen LogP contribution is -2.38. The summed E-state index contributed by atoms with van der Waals surface area (Å²) in [6.45, 7) is -0.0750. The largest absolute Gasteiger partial charge is 0.492 e. The molecule has 1 unspecified atom stereocenters. The van der Waals surface area contributed by atoms with E-state index in [2.05, 4.69) is 0 Å². The number of nitrogens with zero attached hydrogens (tertiary/aromatic N) is 1. The van der Waals surface area contributed by atoms with E-state index >= 15 is 0 Å². The van der Waals surface area contributed by atoms with Crippen molar-refractivity contribution in [2.45, 2.75) is 12.8 Å². The molecule has 0 radical (unpaired) electrons. The molecule has 2 amide bonds. The van der Waals surface area contributed by atoms with Crippen molar-refractivity contribution in [2.75, 3.05) is 24.7 Å². The highest BCUT2D eigenvalue weighted by molar-refractivity contribution is 5.95. The Kier molecular flexibility index (Phi) is 6.26. The summed E-state index contributed by atoms with van der Waals surface area (Å²) in [7, 11) is 0. The number of benzene rings is 2. The minimum absolute atomic E-state index is 0.0157. The van der Waals surface area contributed by atoms with Gasteiger partial charge in [-0.15, -0.1) is 0 Å². The second-order valence-corrected chi connectivity index (χ2v) is 6.52. The van der Waals surface area contributed by atoms with Gasteiger partial charge in [0.25, 0.3) is 5.91 Å². The zero-order chi connectivity index (χ0) is 19.9. The number of primary amides is 1. The van der Waals surface area contributed by atoms with Crippen LogP contribution >= 0.6 is 0 Å². The molecule has 3 rings (SSSR count). The van der Waals surface area contributed by atoms with Crippen molar-refractivity contribution in [3.05, 3.63) is 60.2 Å². The van der Waals surface area contributed by atoms with Crippen LogP contribution in [0.15, 0.2) is 54.6 Å². The Hall–Kier alpha value is -3.35. The van der Waals surface area contributed by atoms with E-state index in [1.807, 2.05) is 30.3 Å². The Morgan fingerprint density at radius 2 is 1.79 bits per heavy atom. The van der Waals surface area contributed by atoms with E-state index in [9.17, 15) is 14.4 Å². The maximum atomic E-state index is 12.6. The van der Waals surface area contributed by atoms with Crippen molar-refractivity contribution >= 4 is 23.5 Å². The maximum absolute atomic E-state index is 12.6. The van der Waals surface area contributed by atoms with Crippen molar-refractivity contribution in [1.82, 2.24) is 0 Å². The van der Waals surface area contributed by atoms with Crippen molar-refractivity contribution in [2.24, 2.45) is 11.7 Å². The van der Waals surface area contributed by atoms with Gasteiger partial charge in [0.1, 0.15) is 12.4 Å². The maximum Gasteiger partial charge on any atom is 0.313 e. The minimum atomic E-state index is -0.510. The van der Waals surface area contributed by atoms with Crippen LogP contribution in [0.4, 0.5) is 5.69 Å². The SMILES string of the molecule is NC(=O)CCN(C(=O)COC(=O)C1COc2ccccc2C1)c1ccccc1. The number of hydrogen-bond donors (Lipinski definition) is 1. The lowest BCUT2D eigenvalue weighted by atomic mass is 9.97. The van der Waals surface area contributed by atoms with Gasteiger partial charge in [0.15, 0.2) is 6.61 Å². The average Bonchev–Trinajstić information content (AvgIpc) is 2.72. The van der Waals surface area contributed by atoms with Crippen LogP contribution in [-0.4, -0.2) is 37.5 Å². The fourth-order valence-corrected chi connectivity index (χ4v) is 3.04. The second kappa shape index (κ2) is 9.03. The van der Waals surface area contributed by atoms with Crippen LogP contribution < -0.4 is 15.4 Å². The number of nitrogens with two attached hydrogens (primary N) is 1. The van der Waals surface area contributed by atoms with Crippen LogP contribution in [0, 0.1) is 5.92 Å². The number of fused-ring (bicyclic) bond motifs is 1. The summed E-state index contributed by atoms with van der Waals surface area (Å²) >= 11 is 0. The Bertz CT molecular complexity index is 853. The van der Waals surface area contributed by atoms with Crippen molar-refractivity contribution in [3.8, 4) is 5.75 Å². The first-order chi connectivity index (χ1) is 13.5. The number of amides is 2. The van der Waals surface area contributed by atoms with Gasteiger partial charge in [0, 0.05) is 18.7 Å². The number of esters is 1. The fraction of sp³-hybridized carbons (Fsp3) is 0.286. The predicted molar refractivity (Wildman–Crippen MR) is 103 cm³/mol. The summed E-state index contributed by atoms with van der Waals surface area (Å²) in [5.41, 5.74) is 6.75. The molecule has 0 aliphatic carbocycles. The molecule has 0 aromatic heterocycles. The normalized spacial score (nSPS) is 15.1. The Morgan fingerprint density at radius 1 is 1.07 bits per heavy atom. The lowest BCUT2D eigenvalue weighted by Gasteiger charge is -2.25. The number of rotatable bonds is 7. The smallest absolute Gasteiger partial charge is 0.313 e. The van der Waals surface area contributed by atoms with Gasteiger partial charge in [-0.1, -0.05) is 36.4 Å². The number of anilines is 1. The number of carbonyl (C=O) groups is 3. The molecule has 28 heavy (non-hydrogen) atoms. The molecule has 0 spiro atoms. The third-order valence-electron chi connectivity index (χ3n) is 4.50. The number of hydrogen-bond acceptors (Lipinski definition) is 5. The quantitative estimate of drug-likeness (QED) is 0.735. The summed E-state index contributed by atoms with van der Waals surface area (Å²) in [6, 6.07) is 16.4. The van der Waals surface area contributed by atoms with Crippen LogP contribution in [-0.2, 0) is 25.5 Å². The van der Waals surface area contributed by atoms with E-state index in [1.54, 1.807) is 24.3 Å². The van der Waals surface area contributed by atoms with Crippen LogP contribution in [0.5, 0.6) is 5.75 Å². The average molecular weight is 382 g/mol. The van der Waals surface area contributed by atoms with Gasteiger partial charge in [-0.2, -0.15) is 0 Å². The molecule has 1 atom stereocenters. The second-order valence-electron chi connectivity index (χ2n) is 6.52. The standard InChI is InChI=1S/C21H22N2O5/c22-19(24)10-11-23(17-7-2-1-3-8-17)20(25)14-28-21(26)16-12-15-6-4-5-9-18(15)27-13-16/h1-9,16H,10-14H2,(H2,22,24). The molecular formula is C21H22N2O5. The number of carbonyl (C=O) groups excluding carboxylic acids is 3. The van der Waals surface area contributed by atoms with E-state index in [0.717, 1.165) is 11.3 Å². The molecule has 2 aromatic rings. The molecule has 1 aliphatic rings. The van der Waals surface area contributed by atoms with Gasteiger partial charge in [-0.3, -0.25) is 14.4 Å². The molecule has 2 N–H and O–H groups in total. The molecule has 146 valence electrons. The van der Waals surface area contributed by atoms with Gasteiger partial charge in [0.2, 0.25) is 5.91 Å². The molecule has 0 saturated carbocycles. The topological polar surface area (TPSA) is 98.9 Å². The molecular weight excluding hydrogens is 360 g/mol. The molecule has 7 heteroatoms. The van der Waals surface area contributed by atoms with Gasteiger partial charge in [-0.05, 0) is 30.2 Å². The third-order valence-corrected chi connectivity index (χ3v) is 4.50. The number of ether oxygens (including phenoxy) is 2. The molecule has 0 bridgehead atoms. The van der Waals surface area contributed by atoms with Crippen LogP contribution in [0.25, 0.3) is 0 Å². The van der Waals surface area contributed by atoms with Crippen LogP contribution in [0.2, 0.25) is 0 Å². The summed E-state index contributed by atoms with van der Waals surface area (Å²) in [4.78, 5) is 37.5. The van der Waals surface area contributed by atoms with E-state index in [0.29, 0.717) is 12.1 Å². The first-order valence-corrected chi connectivity index (χ1v) is 9.05. The molecule has 0 saturated heterocycles. The monoisotopic (exact) mass is 382 g/mol. The third kappa shape index (κ3) is 4.88. The first-order valence-electron chi connectivity index (χ1n) is 9.05. The van der Waals surface area contributed by atoms with E-state index in [-0.39, 0.29) is 19.6 Å². The summed E-state index contributed by atoms with van der Waals surface area (Å²) in [5, 5.41) is 0. The highest BCUT2D eigenvalue weighted by Crippen LogP contribution is 2.27. The summed E-state index contributed by atoms with van der Waals surface area (Å²) in [6.07, 6.45) is 0.523. The van der Waals surface area contributed by atoms with Crippen molar-refractivity contribution in [1.29, 1.82) is 0 Å². The first kappa shape index (κ1) is 19.4. The van der Waals surface area contributed by atoms with Gasteiger partial charge in [-0.25, -0.2) is 0 Å². The number of para-hydroxylation sites is 2. The summed E-state index contributed by atoms with van der Waals surface area (Å²) in [5.74, 6) is -1.10. The zero-order valence-electron chi connectivity index (χ0n) is 15.4.